The van der Waals surface area contributed by atoms with Crippen molar-refractivity contribution in [2.45, 2.75) is 11.3 Å². The van der Waals surface area contributed by atoms with E-state index in [1.165, 1.54) is 0 Å². The lowest BCUT2D eigenvalue weighted by Gasteiger charge is -2.08. The highest BCUT2D eigenvalue weighted by Gasteiger charge is 2.26. The molecular weight excluding hydrogens is 364 g/mol. The maximum absolute atomic E-state index is 12.5. The standard InChI is InChI=1S/C6H4ClF2IN2O2S/c7-2-1-3(10)12-4(6(8)9)5(2)15(11,13)14/h1,6H,(H2,11,13,14). The SMILES string of the molecule is NS(=O)(=O)c1c(Cl)cc(I)nc1C(F)F. The van der Waals surface area contributed by atoms with Gasteiger partial charge in [0, 0.05) is 0 Å². The van der Waals surface area contributed by atoms with Gasteiger partial charge in [0.15, 0.2) is 0 Å². The second-order valence-electron chi connectivity index (χ2n) is 2.49. The number of nitrogens with zero attached hydrogens (tertiary/aromatic N) is 1. The van der Waals surface area contributed by atoms with Gasteiger partial charge in [0.05, 0.1) is 5.02 Å². The fourth-order valence-corrected chi connectivity index (χ4v) is 2.96. The molecule has 0 atom stereocenters. The number of hydrogen-bond acceptors (Lipinski definition) is 3. The molecule has 0 fully saturated rings. The minimum absolute atomic E-state index is 0.167. The van der Waals surface area contributed by atoms with Crippen LogP contribution in [0, 0.1) is 3.70 Å². The molecule has 1 aromatic rings. The number of primary sulfonamides is 1. The van der Waals surface area contributed by atoms with Crippen molar-refractivity contribution in [2.24, 2.45) is 5.14 Å². The van der Waals surface area contributed by atoms with Gasteiger partial charge in [-0.1, -0.05) is 11.6 Å². The lowest BCUT2D eigenvalue weighted by atomic mass is 10.3. The lowest BCUT2D eigenvalue weighted by molar-refractivity contribution is 0.142. The molecule has 0 bridgehead atoms. The van der Waals surface area contributed by atoms with Crippen molar-refractivity contribution in [2.75, 3.05) is 0 Å². The summed E-state index contributed by atoms with van der Waals surface area (Å²) in [7, 11) is -4.30. The molecule has 0 unspecified atom stereocenters. The second kappa shape index (κ2) is 4.44. The summed E-state index contributed by atoms with van der Waals surface area (Å²) in [6.45, 7) is 0. The first-order chi connectivity index (χ1) is 6.73. The molecule has 0 saturated carbocycles. The van der Waals surface area contributed by atoms with E-state index in [-0.39, 0.29) is 8.72 Å². The molecule has 9 heteroatoms. The van der Waals surface area contributed by atoms with Crippen LogP contribution in [0.5, 0.6) is 0 Å². The Hall–Kier alpha value is -0.0600. The van der Waals surface area contributed by atoms with E-state index in [2.05, 4.69) is 4.98 Å². The van der Waals surface area contributed by atoms with Gasteiger partial charge in [0.2, 0.25) is 10.0 Å². The zero-order valence-electron chi connectivity index (χ0n) is 6.92. The number of aromatic nitrogens is 1. The Morgan fingerprint density at radius 2 is 2.07 bits per heavy atom. The summed E-state index contributed by atoms with van der Waals surface area (Å²) in [5, 5.41) is 4.40. The van der Waals surface area contributed by atoms with Gasteiger partial charge in [-0.2, -0.15) is 0 Å². The summed E-state index contributed by atoms with van der Waals surface area (Å²) >= 11 is 7.17. The van der Waals surface area contributed by atoms with E-state index in [0.29, 0.717) is 0 Å². The monoisotopic (exact) mass is 368 g/mol. The highest BCUT2D eigenvalue weighted by molar-refractivity contribution is 14.1. The summed E-state index contributed by atoms with van der Waals surface area (Å²) in [5.74, 6) is 0. The molecule has 0 aromatic carbocycles. The number of pyridine rings is 1. The largest absolute Gasteiger partial charge is 0.281 e. The van der Waals surface area contributed by atoms with E-state index in [1.54, 1.807) is 22.6 Å². The topological polar surface area (TPSA) is 73.1 Å². The molecule has 0 saturated heterocycles. The first kappa shape index (κ1) is 13.0. The summed E-state index contributed by atoms with van der Waals surface area (Å²) in [6.07, 6.45) is -3.05. The van der Waals surface area contributed by atoms with Crippen LogP contribution in [-0.2, 0) is 10.0 Å². The van der Waals surface area contributed by atoms with Crippen LogP contribution in [-0.4, -0.2) is 13.4 Å². The summed E-state index contributed by atoms with van der Waals surface area (Å²) in [4.78, 5) is 2.57. The molecule has 0 aliphatic heterocycles. The third kappa shape index (κ3) is 2.95. The Kier molecular flexibility index (Phi) is 3.85. The molecule has 1 heterocycles. The molecule has 0 aliphatic rings. The maximum atomic E-state index is 12.5. The van der Waals surface area contributed by atoms with Gasteiger partial charge >= 0.3 is 0 Å². The van der Waals surface area contributed by atoms with Crippen molar-refractivity contribution >= 4 is 44.2 Å². The lowest BCUT2D eigenvalue weighted by Crippen LogP contribution is -2.17. The zero-order valence-corrected chi connectivity index (χ0v) is 10.6. The molecule has 84 valence electrons. The minimum Gasteiger partial charge on any atom is -0.239 e. The van der Waals surface area contributed by atoms with Crippen LogP contribution in [0.3, 0.4) is 0 Å². The van der Waals surface area contributed by atoms with E-state index >= 15 is 0 Å². The summed E-state index contributed by atoms with van der Waals surface area (Å²) in [6, 6.07) is 1.15. The Morgan fingerprint density at radius 3 is 2.47 bits per heavy atom. The normalized spacial score (nSPS) is 12.1. The smallest absolute Gasteiger partial charge is 0.239 e. The number of hydrogen-bond donors (Lipinski definition) is 1. The molecule has 0 amide bonds. The van der Waals surface area contributed by atoms with Crippen LogP contribution in [0.4, 0.5) is 8.78 Å². The van der Waals surface area contributed by atoms with Crippen LogP contribution in [0.2, 0.25) is 5.02 Å². The van der Waals surface area contributed by atoms with Crippen LogP contribution in [0.1, 0.15) is 12.1 Å². The van der Waals surface area contributed by atoms with Gasteiger partial charge in [-0.3, -0.25) is 0 Å². The van der Waals surface area contributed by atoms with Crippen LogP contribution < -0.4 is 5.14 Å². The van der Waals surface area contributed by atoms with Gasteiger partial charge in [0.1, 0.15) is 14.3 Å². The number of rotatable bonds is 2. The predicted molar refractivity (Wildman–Crippen MR) is 58.3 cm³/mol. The molecule has 0 aliphatic carbocycles. The molecule has 1 rings (SSSR count). The summed E-state index contributed by atoms with van der Waals surface area (Å²) in [5.41, 5.74) is -0.922. The molecule has 2 N–H and O–H groups in total. The van der Waals surface area contributed by atoms with E-state index in [4.69, 9.17) is 16.7 Å². The molecule has 1 aromatic heterocycles. The number of nitrogens with two attached hydrogens (primary N) is 1. The van der Waals surface area contributed by atoms with Crippen molar-refractivity contribution in [3.63, 3.8) is 0 Å². The molecule has 0 radical (unpaired) electrons. The van der Waals surface area contributed by atoms with Crippen LogP contribution in [0.25, 0.3) is 0 Å². The van der Waals surface area contributed by atoms with E-state index in [9.17, 15) is 17.2 Å². The first-order valence-corrected chi connectivity index (χ1v) is 6.40. The summed E-state index contributed by atoms with van der Waals surface area (Å²) < 4.78 is 47.1. The van der Waals surface area contributed by atoms with Crippen molar-refractivity contribution < 1.29 is 17.2 Å². The molecule has 4 nitrogen and oxygen atoms in total. The number of sulfonamides is 1. The Labute approximate surface area is 103 Å². The van der Waals surface area contributed by atoms with Gasteiger partial charge in [-0.15, -0.1) is 0 Å². The van der Waals surface area contributed by atoms with Crippen molar-refractivity contribution in [1.82, 2.24) is 4.98 Å². The van der Waals surface area contributed by atoms with Gasteiger partial charge in [-0.05, 0) is 28.7 Å². The quantitative estimate of drug-likeness (QED) is 0.640. The number of alkyl halides is 2. The van der Waals surface area contributed by atoms with Crippen LogP contribution >= 0.6 is 34.2 Å². The fourth-order valence-electron chi connectivity index (χ4n) is 0.920. The van der Waals surface area contributed by atoms with Crippen molar-refractivity contribution in [3.05, 3.63) is 20.5 Å². The van der Waals surface area contributed by atoms with Crippen molar-refractivity contribution in [1.29, 1.82) is 0 Å². The minimum atomic E-state index is -4.30. The second-order valence-corrected chi connectivity index (χ2v) is 5.50. The Balaban J connectivity index is 3.62. The third-order valence-electron chi connectivity index (χ3n) is 1.41. The van der Waals surface area contributed by atoms with Gasteiger partial charge in [0.25, 0.3) is 6.43 Å². The highest BCUT2D eigenvalue weighted by atomic mass is 127. The highest BCUT2D eigenvalue weighted by Crippen LogP contribution is 2.30. The number of halogens is 4. The predicted octanol–water partition coefficient (Wildman–Crippen LogP) is 1.92. The van der Waals surface area contributed by atoms with Crippen LogP contribution in [0.15, 0.2) is 11.0 Å². The van der Waals surface area contributed by atoms with Crippen molar-refractivity contribution in [3.8, 4) is 0 Å². The molecule has 15 heavy (non-hydrogen) atoms. The molecular formula is C6H4ClF2IN2O2S. The molecule has 0 spiro atoms. The van der Waals surface area contributed by atoms with Gasteiger partial charge in [-0.25, -0.2) is 27.3 Å². The Morgan fingerprint density at radius 1 is 1.53 bits per heavy atom. The fraction of sp³-hybridized carbons (Fsp3) is 0.167. The van der Waals surface area contributed by atoms with E-state index in [0.717, 1.165) is 6.07 Å². The average Bonchev–Trinajstić information content (AvgIpc) is 1.99. The van der Waals surface area contributed by atoms with E-state index < -0.39 is 27.0 Å². The third-order valence-corrected chi connectivity index (χ3v) is 3.37. The first-order valence-electron chi connectivity index (χ1n) is 3.40. The van der Waals surface area contributed by atoms with Gasteiger partial charge < -0.3 is 0 Å². The average molecular weight is 369 g/mol. The maximum Gasteiger partial charge on any atom is 0.281 e. The Bertz CT molecular complexity index is 494. The zero-order chi connectivity index (χ0) is 11.8. The van der Waals surface area contributed by atoms with E-state index in [1.807, 2.05) is 0 Å².